The van der Waals surface area contributed by atoms with Crippen LogP contribution < -0.4 is 11.1 Å². The lowest BCUT2D eigenvalue weighted by Gasteiger charge is -2.28. The van der Waals surface area contributed by atoms with E-state index in [0.29, 0.717) is 18.4 Å². The van der Waals surface area contributed by atoms with E-state index in [1.807, 2.05) is 0 Å². The molecule has 1 aliphatic rings. The number of hydrogen-bond donors (Lipinski definition) is 2. The molecule has 1 atom stereocenters. The molecular formula is C11H20N4S. The first kappa shape index (κ1) is 11.8. The summed E-state index contributed by atoms with van der Waals surface area (Å²) in [5, 5.41) is 4.37. The van der Waals surface area contributed by atoms with E-state index in [2.05, 4.69) is 35.4 Å². The normalized spacial score (nSPS) is 19.8. The predicted molar refractivity (Wildman–Crippen MR) is 67.8 cm³/mol. The number of hydrogen-bond acceptors (Lipinski definition) is 5. The van der Waals surface area contributed by atoms with Crippen LogP contribution in [0, 0.1) is 5.92 Å². The van der Waals surface area contributed by atoms with Crippen molar-refractivity contribution in [2.75, 3.05) is 11.9 Å². The minimum Gasteiger partial charge on any atom is -0.354 e. The van der Waals surface area contributed by atoms with Crippen LogP contribution in [0.25, 0.3) is 0 Å². The summed E-state index contributed by atoms with van der Waals surface area (Å²) in [7, 11) is 0. The summed E-state index contributed by atoms with van der Waals surface area (Å²) in [6.45, 7) is 7.04. The van der Waals surface area contributed by atoms with Crippen molar-refractivity contribution < 1.29 is 0 Å². The Morgan fingerprint density at radius 2 is 2.25 bits per heavy atom. The summed E-state index contributed by atoms with van der Waals surface area (Å²) < 4.78 is 4.34. The molecule has 2 rings (SSSR count). The highest BCUT2D eigenvalue weighted by molar-refractivity contribution is 7.09. The maximum absolute atomic E-state index is 5.86. The predicted octanol–water partition coefficient (Wildman–Crippen LogP) is 2.20. The van der Waals surface area contributed by atoms with Gasteiger partial charge in [0.05, 0.1) is 5.54 Å². The van der Waals surface area contributed by atoms with Crippen LogP contribution in [0.15, 0.2) is 0 Å². The Balaban J connectivity index is 2.06. The topological polar surface area (TPSA) is 63.8 Å². The Hall–Kier alpha value is -0.680. The van der Waals surface area contributed by atoms with Gasteiger partial charge >= 0.3 is 0 Å². The molecule has 1 unspecified atom stereocenters. The van der Waals surface area contributed by atoms with Gasteiger partial charge in [-0.25, -0.2) is 4.98 Å². The fourth-order valence-corrected chi connectivity index (χ4v) is 2.65. The van der Waals surface area contributed by atoms with Crippen molar-refractivity contribution in [2.24, 2.45) is 11.7 Å². The molecule has 0 radical (unpaired) electrons. The first-order valence-corrected chi connectivity index (χ1v) is 6.64. The van der Waals surface area contributed by atoms with E-state index in [4.69, 9.17) is 5.73 Å². The van der Waals surface area contributed by atoms with Gasteiger partial charge in [0.25, 0.3) is 0 Å². The fraction of sp³-hybridized carbons (Fsp3) is 0.818. The van der Waals surface area contributed by atoms with Crippen LogP contribution in [0.4, 0.5) is 5.13 Å². The molecule has 1 fully saturated rings. The first-order chi connectivity index (χ1) is 7.55. The van der Waals surface area contributed by atoms with Crippen molar-refractivity contribution in [1.82, 2.24) is 9.36 Å². The zero-order valence-electron chi connectivity index (χ0n) is 10.2. The van der Waals surface area contributed by atoms with Gasteiger partial charge in [-0.05, 0) is 25.7 Å². The summed E-state index contributed by atoms with van der Waals surface area (Å²) in [6, 6.07) is 0. The van der Waals surface area contributed by atoms with E-state index in [1.165, 1.54) is 24.4 Å². The standard InChI is InChI=1S/C11H20N4S/c1-7(2)9-13-10(16-15-9)14-11(3,6-12)8-4-5-8/h7-8H,4-6,12H2,1-3H3,(H,13,14,15). The number of anilines is 1. The van der Waals surface area contributed by atoms with E-state index in [1.54, 1.807) is 0 Å². The van der Waals surface area contributed by atoms with Gasteiger partial charge in [0.1, 0.15) is 5.82 Å². The monoisotopic (exact) mass is 240 g/mol. The minimum atomic E-state index is -0.00617. The number of nitrogens with zero attached hydrogens (tertiary/aromatic N) is 2. The highest BCUT2D eigenvalue weighted by Gasteiger charge is 2.41. The van der Waals surface area contributed by atoms with Gasteiger partial charge in [-0.15, -0.1) is 0 Å². The maximum Gasteiger partial charge on any atom is 0.203 e. The molecule has 1 aromatic heterocycles. The van der Waals surface area contributed by atoms with Crippen LogP contribution in [0.1, 0.15) is 45.4 Å². The molecule has 0 bridgehead atoms. The van der Waals surface area contributed by atoms with Crippen molar-refractivity contribution in [3.63, 3.8) is 0 Å². The van der Waals surface area contributed by atoms with Gasteiger partial charge in [-0.3, -0.25) is 0 Å². The molecule has 5 heteroatoms. The summed E-state index contributed by atoms with van der Waals surface area (Å²) in [4.78, 5) is 4.49. The van der Waals surface area contributed by atoms with Gasteiger partial charge < -0.3 is 11.1 Å². The molecule has 4 nitrogen and oxygen atoms in total. The molecule has 1 saturated carbocycles. The molecule has 3 N–H and O–H groups in total. The maximum atomic E-state index is 5.86. The number of nitrogens with one attached hydrogen (secondary N) is 1. The zero-order valence-corrected chi connectivity index (χ0v) is 11.0. The van der Waals surface area contributed by atoms with Crippen molar-refractivity contribution in [3.8, 4) is 0 Å². The van der Waals surface area contributed by atoms with Crippen molar-refractivity contribution in [1.29, 1.82) is 0 Å². The summed E-state index contributed by atoms with van der Waals surface area (Å²) >= 11 is 1.44. The average Bonchev–Trinajstić information content (AvgIpc) is 3.00. The average molecular weight is 240 g/mol. The van der Waals surface area contributed by atoms with Crippen LogP contribution in [0.5, 0.6) is 0 Å². The van der Waals surface area contributed by atoms with Crippen LogP contribution in [0.3, 0.4) is 0 Å². The zero-order chi connectivity index (χ0) is 11.8. The number of rotatable bonds is 5. The largest absolute Gasteiger partial charge is 0.354 e. The summed E-state index contributed by atoms with van der Waals surface area (Å²) in [6.07, 6.45) is 2.55. The first-order valence-electron chi connectivity index (χ1n) is 5.87. The number of aromatic nitrogens is 2. The summed E-state index contributed by atoms with van der Waals surface area (Å²) in [5.41, 5.74) is 5.85. The van der Waals surface area contributed by atoms with Crippen molar-refractivity contribution >= 4 is 16.7 Å². The van der Waals surface area contributed by atoms with E-state index in [9.17, 15) is 0 Å². The lowest BCUT2D eigenvalue weighted by Crippen LogP contribution is -2.44. The Morgan fingerprint density at radius 1 is 1.56 bits per heavy atom. The van der Waals surface area contributed by atoms with Crippen LogP contribution >= 0.6 is 11.5 Å². The van der Waals surface area contributed by atoms with Crippen LogP contribution in [0.2, 0.25) is 0 Å². The van der Waals surface area contributed by atoms with Gasteiger partial charge in [0, 0.05) is 24.0 Å². The van der Waals surface area contributed by atoms with Crippen LogP contribution in [-0.2, 0) is 0 Å². The van der Waals surface area contributed by atoms with Gasteiger partial charge in [0.15, 0.2) is 0 Å². The van der Waals surface area contributed by atoms with E-state index in [-0.39, 0.29) is 5.54 Å². The molecule has 16 heavy (non-hydrogen) atoms. The quantitative estimate of drug-likeness (QED) is 0.828. The highest BCUT2D eigenvalue weighted by Crippen LogP contribution is 2.41. The van der Waals surface area contributed by atoms with Gasteiger partial charge in [0.2, 0.25) is 5.13 Å². The molecule has 0 spiro atoms. The second kappa shape index (κ2) is 4.30. The second-order valence-electron chi connectivity index (χ2n) is 5.13. The third-order valence-electron chi connectivity index (χ3n) is 3.25. The molecule has 0 saturated heterocycles. The Morgan fingerprint density at radius 3 is 2.69 bits per heavy atom. The SMILES string of the molecule is CC(C)c1nsc(NC(C)(CN)C2CC2)n1. The number of nitrogens with two attached hydrogens (primary N) is 1. The Kier molecular flexibility index (Phi) is 3.17. The molecule has 0 aromatic carbocycles. The lowest BCUT2D eigenvalue weighted by molar-refractivity contribution is 0.459. The molecule has 90 valence electrons. The fourth-order valence-electron chi connectivity index (χ4n) is 1.80. The lowest BCUT2D eigenvalue weighted by atomic mass is 9.96. The van der Waals surface area contributed by atoms with E-state index in [0.717, 1.165) is 11.0 Å². The second-order valence-corrected chi connectivity index (χ2v) is 5.89. The molecule has 1 aromatic rings. The molecular weight excluding hydrogens is 220 g/mol. The minimum absolute atomic E-state index is 0.00617. The molecule has 0 amide bonds. The van der Waals surface area contributed by atoms with E-state index < -0.39 is 0 Å². The van der Waals surface area contributed by atoms with E-state index >= 15 is 0 Å². The Labute approximate surface area is 101 Å². The third-order valence-corrected chi connectivity index (χ3v) is 3.90. The van der Waals surface area contributed by atoms with Gasteiger partial charge in [-0.1, -0.05) is 13.8 Å². The Bertz CT molecular complexity index is 359. The van der Waals surface area contributed by atoms with Crippen molar-refractivity contribution in [3.05, 3.63) is 5.82 Å². The molecule has 1 aliphatic carbocycles. The highest BCUT2D eigenvalue weighted by atomic mass is 32.1. The smallest absolute Gasteiger partial charge is 0.203 e. The third kappa shape index (κ3) is 2.35. The van der Waals surface area contributed by atoms with Gasteiger partial charge in [-0.2, -0.15) is 4.37 Å². The molecule has 0 aliphatic heterocycles. The summed E-state index contributed by atoms with van der Waals surface area (Å²) in [5.74, 6) is 2.00. The molecule has 1 heterocycles. The van der Waals surface area contributed by atoms with Crippen molar-refractivity contribution in [2.45, 2.75) is 45.1 Å². The van der Waals surface area contributed by atoms with Crippen LogP contribution in [-0.4, -0.2) is 21.4 Å².